The SMILES string of the molecule is CCOc1ccc(-c2ccc(=O)n(CCNC(=O)Cc3ccccc3F)n2)cc1. The normalized spacial score (nSPS) is 10.6. The van der Waals surface area contributed by atoms with Crippen LogP contribution in [0.3, 0.4) is 0 Å². The van der Waals surface area contributed by atoms with Crippen LogP contribution in [0.2, 0.25) is 0 Å². The second-order valence-electron chi connectivity index (χ2n) is 6.36. The smallest absolute Gasteiger partial charge is 0.266 e. The summed E-state index contributed by atoms with van der Waals surface area (Å²) in [4.78, 5) is 24.1. The second kappa shape index (κ2) is 9.64. The van der Waals surface area contributed by atoms with Crippen LogP contribution in [0.1, 0.15) is 12.5 Å². The molecule has 1 N–H and O–H groups in total. The number of hydrogen-bond acceptors (Lipinski definition) is 4. The van der Waals surface area contributed by atoms with E-state index in [2.05, 4.69) is 10.4 Å². The number of aromatic nitrogens is 2. The highest BCUT2D eigenvalue weighted by Gasteiger charge is 2.08. The number of nitrogens with one attached hydrogen (secondary N) is 1. The molecule has 3 rings (SSSR count). The first kappa shape index (κ1) is 20.3. The van der Waals surface area contributed by atoms with Gasteiger partial charge in [-0.05, 0) is 48.9 Å². The highest BCUT2D eigenvalue weighted by Crippen LogP contribution is 2.19. The molecule has 6 nitrogen and oxygen atoms in total. The molecule has 0 saturated carbocycles. The minimum Gasteiger partial charge on any atom is -0.494 e. The molecule has 0 unspecified atom stereocenters. The number of carbonyl (C=O) groups is 1. The molecule has 1 aromatic heterocycles. The van der Waals surface area contributed by atoms with Crippen LogP contribution in [0.4, 0.5) is 4.39 Å². The quantitative estimate of drug-likeness (QED) is 0.637. The molecule has 0 atom stereocenters. The topological polar surface area (TPSA) is 73.2 Å². The highest BCUT2D eigenvalue weighted by atomic mass is 19.1. The summed E-state index contributed by atoms with van der Waals surface area (Å²) in [5.74, 6) is 0.0385. The van der Waals surface area contributed by atoms with E-state index >= 15 is 0 Å². The molecule has 2 aromatic carbocycles. The number of ether oxygens (including phenoxy) is 1. The van der Waals surface area contributed by atoms with Crippen molar-refractivity contribution in [2.24, 2.45) is 0 Å². The highest BCUT2D eigenvalue weighted by molar-refractivity contribution is 5.78. The number of carbonyl (C=O) groups excluding carboxylic acids is 1. The van der Waals surface area contributed by atoms with Gasteiger partial charge in [-0.25, -0.2) is 9.07 Å². The van der Waals surface area contributed by atoms with E-state index in [4.69, 9.17) is 4.74 Å². The van der Waals surface area contributed by atoms with E-state index < -0.39 is 5.82 Å². The van der Waals surface area contributed by atoms with Gasteiger partial charge in [-0.2, -0.15) is 5.10 Å². The van der Waals surface area contributed by atoms with Gasteiger partial charge in [-0.1, -0.05) is 18.2 Å². The maximum Gasteiger partial charge on any atom is 0.266 e. The molecule has 0 aliphatic heterocycles. The van der Waals surface area contributed by atoms with Crippen molar-refractivity contribution in [1.29, 1.82) is 0 Å². The zero-order valence-corrected chi connectivity index (χ0v) is 16.1. The van der Waals surface area contributed by atoms with E-state index in [1.54, 1.807) is 24.3 Å². The van der Waals surface area contributed by atoms with Crippen LogP contribution in [-0.4, -0.2) is 28.8 Å². The molecule has 1 amide bonds. The summed E-state index contributed by atoms with van der Waals surface area (Å²) in [6.07, 6.45) is -0.0543. The van der Waals surface area contributed by atoms with Gasteiger partial charge in [-0.15, -0.1) is 0 Å². The number of rotatable bonds is 8. The summed E-state index contributed by atoms with van der Waals surface area (Å²) in [7, 11) is 0. The molecule has 0 aliphatic carbocycles. The lowest BCUT2D eigenvalue weighted by atomic mass is 10.1. The average Bonchev–Trinajstić information content (AvgIpc) is 2.72. The fraction of sp³-hybridized carbons (Fsp3) is 0.227. The predicted molar refractivity (Wildman–Crippen MR) is 108 cm³/mol. The standard InChI is InChI=1S/C22H22FN3O3/c1-2-29-18-9-7-16(8-10-18)20-11-12-22(28)26(25-20)14-13-24-21(27)15-17-5-3-4-6-19(17)23/h3-12H,2,13-15H2,1H3,(H,24,27). The van der Waals surface area contributed by atoms with Crippen molar-refractivity contribution in [2.75, 3.05) is 13.2 Å². The van der Waals surface area contributed by atoms with Gasteiger partial charge in [0, 0.05) is 18.2 Å². The van der Waals surface area contributed by atoms with Crippen LogP contribution in [0.5, 0.6) is 5.75 Å². The Morgan fingerprint density at radius 1 is 1.10 bits per heavy atom. The third-order valence-corrected chi connectivity index (χ3v) is 4.28. The first-order chi connectivity index (χ1) is 14.1. The molecule has 0 radical (unpaired) electrons. The molecule has 29 heavy (non-hydrogen) atoms. The Kier molecular flexibility index (Phi) is 6.73. The van der Waals surface area contributed by atoms with Crippen LogP contribution in [0.15, 0.2) is 65.5 Å². The van der Waals surface area contributed by atoms with Crippen LogP contribution in [0.25, 0.3) is 11.3 Å². The van der Waals surface area contributed by atoms with Crippen molar-refractivity contribution < 1.29 is 13.9 Å². The van der Waals surface area contributed by atoms with Gasteiger partial charge >= 0.3 is 0 Å². The summed E-state index contributed by atoms with van der Waals surface area (Å²) in [6.45, 7) is 2.94. The number of hydrogen-bond donors (Lipinski definition) is 1. The molecule has 0 saturated heterocycles. The zero-order chi connectivity index (χ0) is 20.6. The number of benzene rings is 2. The van der Waals surface area contributed by atoms with Gasteiger partial charge in [0.1, 0.15) is 11.6 Å². The van der Waals surface area contributed by atoms with E-state index in [0.717, 1.165) is 11.3 Å². The summed E-state index contributed by atoms with van der Waals surface area (Å²) >= 11 is 0. The first-order valence-electron chi connectivity index (χ1n) is 9.38. The molecule has 0 bridgehead atoms. The predicted octanol–water partition coefficient (Wildman–Crippen LogP) is 2.81. The summed E-state index contributed by atoms with van der Waals surface area (Å²) in [6, 6.07) is 16.7. The molecule has 150 valence electrons. The van der Waals surface area contributed by atoms with Crippen LogP contribution >= 0.6 is 0 Å². The fourth-order valence-corrected chi connectivity index (χ4v) is 2.83. The van der Waals surface area contributed by atoms with Gasteiger partial charge in [0.05, 0.1) is 25.3 Å². The van der Waals surface area contributed by atoms with E-state index in [1.807, 2.05) is 31.2 Å². The minimum atomic E-state index is -0.413. The lowest BCUT2D eigenvalue weighted by Crippen LogP contribution is -2.32. The van der Waals surface area contributed by atoms with Crippen molar-refractivity contribution in [3.8, 4) is 17.0 Å². The third-order valence-electron chi connectivity index (χ3n) is 4.28. The molecule has 0 aliphatic rings. The Morgan fingerprint density at radius 3 is 2.59 bits per heavy atom. The summed E-state index contributed by atoms with van der Waals surface area (Å²) in [5, 5.41) is 7.06. The Labute approximate surface area is 168 Å². The number of amides is 1. The first-order valence-corrected chi connectivity index (χ1v) is 9.38. The van der Waals surface area contributed by atoms with Crippen LogP contribution in [-0.2, 0) is 17.8 Å². The number of nitrogens with zero attached hydrogens (tertiary/aromatic N) is 2. The summed E-state index contributed by atoms with van der Waals surface area (Å²) < 4.78 is 20.3. The Morgan fingerprint density at radius 2 is 1.86 bits per heavy atom. The van der Waals surface area contributed by atoms with Gasteiger partial charge in [0.2, 0.25) is 5.91 Å². The van der Waals surface area contributed by atoms with E-state index in [1.165, 1.54) is 16.8 Å². The van der Waals surface area contributed by atoms with Gasteiger partial charge in [-0.3, -0.25) is 9.59 Å². The number of halogens is 1. The van der Waals surface area contributed by atoms with E-state index in [-0.39, 0.29) is 31.0 Å². The Balaban J connectivity index is 1.61. The lowest BCUT2D eigenvalue weighted by molar-refractivity contribution is -0.120. The van der Waals surface area contributed by atoms with Crippen molar-refractivity contribution in [1.82, 2.24) is 15.1 Å². The zero-order valence-electron chi connectivity index (χ0n) is 16.1. The van der Waals surface area contributed by atoms with Crippen molar-refractivity contribution in [3.63, 3.8) is 0 Å². The van der Waals surface area contributed by atoms with Crippen LogP contribution in [0, 0.1) is 5.82 Å². The Hall–Kier alpha value is -3.48. The Bertz CT molecular complexity index is 1030. The van der Waals surface area contributed by atoms with Crippen molar-refractivity contribution >= 4 is 5.91 Å². The molecular weight excluding hydrogens is 373 g/mol. The lowest BCUT2D eigenvalue weighted by Gasteiger charge is -2.09. The monoisotopic (exact) mass is 395 g/mol. The third kappa shape index (κ3) is 5.51. The molecule has 0 spiro atoms. The second-order valence-corrected chi connectivity index (χ2v) is 6.36. The maximum absolute atomic E-state index is 13.6. The van der Waals surface area contributed by atoms with E-state index in [0.29, 0.717) is 17.9 Å². The molecule has 1 heterocycles. The molecule has 0 fully saturated rings. The fourth-order valence-electron chi connectivity index (χ4n) is 2.83. The maximum atomic E-state index is 13.6. The van der Waals surface area contributed by atoms with Crippen molar-refractivity contribution in [2.45, 2.75) is 19.9 Å². The van der Waals surface area contributed by atoms with Gasteiger partial charge in [0.15, 0.2) is 0 Å². The van der Waals surface area contributed by atoms with Crippen molar-refractivity contribution in [3.05, 3.63) is 82.4 Å². The minimum absolute atomic E-state index is 0.0543. The summed E-state index contributed by atoms with van der Waals surface area (Å²) in [5.41, 5.74) is 1.57. The average molecular weight is 395 g/mol. The largest absolute Gasteiger partial charge is 0.494 e. The van der Waals surface area contributed by atoms with E-state index in [9.17, 15) is 14.0 Å². The molecular formula is C22H22FN3O3. The molecule has 3 aromatic rings. The van der Waals surface area contributed by atoms with Gasteiger partial charge in [0.25, 0.3) is 5.56 Å². The van der Waals surface area contributed by atoms with Crippen LogP contribution < -0.4 is 15.6 Å². The molecule has 7 heteroatoms. The van der Waals surface area contributed by atoms with Gasteiger partial charge < -0.3 is 10.1 Å².